The molecule has 0 saturated carbocycles. The molecular weight excluding hydrogens is 284 g/mol. The Bertz CT molecular complexity index is 400. The zero-order valence-corrected chi connectivity index (χ0v) is 14.5. The van der Waals surface area contributed by atoms with Gasteiger partial charge >= 0.3 is 0 Å². The Kier molecular flexibility index (Phi) is 5.58. The van der Waals surface area contributed by atoms with Crippen LogP contribution in [0.1, 0.15) is 46.5 Å². The fourth-order valence-electron chi connectivity index (χ4n) is 3.58. The summed E-state index contributed by atoms with van der Waals surface area (Å²) in [6, 6.07) is -0.327. The Labute approximate surface area is 132 Å². The van der Waals surface area contributed by atoms with E-state index in [0.29, 0.717) is 0 Å². The molecule has 0 spiro atoms. The monoisotopic (exact) mass is 312 g/mol. The maximum atomic E-state index is 13.0. The highest BCUT2D eigenvalue weighted by Crippen LogP contribution is 2.31. The van der Waals surface area contributed by atoms with Crippen molar-refractivity contribution in [1.82, 2.24) is 9.80 Å². The van der Waals surface area contributed by atoms with Crippen molar-refractivity contribution in [3.63, 3.8) is 0 Å². The lowest BCUT2D eigenvalue weighted by Gasteiger charge is -2.50. The number of amides is 2. The molecule has 0 aliphatic carbocycles. The zero-order chi connectivity index (χ0) is 15.6. The summed E-state index contributed by atoms with van der Waals surface area (Å²) >= 11 is 1.80. The van der Waals surface area contributed by atoms with Crippen LogP contribution in [0.3, 0.4) is 0 Å². The van der Waals surface area contributed by atoms with Crippen LogP contribution in [0.2, 0.25) is 0 Å². The molecule has 21 heavy (non-hydrogen) atoms. The van der Waals surface area contributed by atoms with Crippen molar-refractivity contribution in [2.24, 2.45) is 5.92 Å². The van der Waals surface area contributed by atoms with Gasteiger partial charge in [0.05, 0.1) is 0 Å². The molecule has 0 N–H and O–H groups in total. The number of piperidine rings is 1. The molecule has 5 heteroatoms. The first-order valence-corrected chi connectivity index (χ1v) is 9.50. The summed E-state index contributed by atoms with van der Waals surface area (Å²) < 4.78 is 0. The van der Waals surface area contributed by atoms with Crippen LogP contribution in [0.15, 0.2) is 0 Å². The number of carbonyl (C=O) groups excluding carboxylic acids is 2. The second kappa shape index (κ2) is 7.03. The lowest BCUT2D eigenvalue weighted by molar-refractivity contribution is -0.168. The topological polar surface area (TPSA) is 40.6 Å². The highest BCUT2D eigenvalue weighted by atomic mass is 32.2. The van der Waals surface area contributed by atoms with Gasteiger partial charge in [-0.1, -0.05) is 13.8 Å². The summed E-state index contributed by atoms with van der Waals surface area (Å²) in [5, 5.41) is 0. The normalized spacial score (nSPS) is 28.0. The summed E-state index contributed by atoms with van der Waals surface area (Å²) in [6.07, 6.45) is 5.96. The van der Waals surface area contributed by atoms with Gasteiger partial charge in [-0.3, -0.25) is 9.59 Å². The highest BCUT2D eigenvalue weighted by Gasteiger charge is 2.48. The SMILES string of the molecule is CSCCC(C)N1C(=O)C2CCCCN2C(=O)C1C(C)C. The van der Waals surface area contributed by atoms with E-state index in [2.05, 4.69) is 27.0 Å². The van der Waals surface area contributed by atoms with Crippen LogP contribution in [0.25, 0.3) is 0 Å². The van der Waals surface area contributed by atoms with E-state index in [1.165, 1.54) is 0 Å². The first kappa shape index (κ1) is 16.7. The van der Waals surface area contributed by atoms with E-state index >= 15 is 0 Å². The van der Waals surface area contributed by atoms with Crippen LogP contribution in [-0.2, 0) is 9.59 Å². The van der Waals surface area contributed by atoms with Crippen LogP contribution >= 0.6 is 11.8 Å². The van der Waals surface area contributed by atoms with Gasteiger partial charge in [0.2, 0.25) is 11.8 Å². The Morgan fingerprint density at radius 2 is 1.90 bits per heavy atom. The first-order chi connectivity index (χ1) is 9.99. The number of fused-ring (bicyclic) bond motifs is 1. The summed E-state index contributed by atoms with van der Waals surface area (Å²) in [7, 11) is 0. The average molecular weight is 312 g/mol. The van der Waals surface area contributed by atoms with Crippen molar-refractivity contribution in [2.75, 3.05) is 18.6 Å². The molecule has 4 nitrogen and oxygen atoms in total. The minimum atomic E-state index is -0.274. The molecule has 0 aromatic rings. The third-order valence-electron chi connectivity index (χ3n) is 4.72. The number of rotatable bonds is 5. The quantitative estimate of drug-likeness (QED) is 0.782. The lowest BCUT2D eigenvalue weighted by atomic mass is 9.89. The predicted molar refractivity (Wildman–Crippen MR) is 87.3 cm³/mol. The molecule has 120 valence electrons. The van der Waals surface area contributed by atoms with Crippen molar-refractivity contribution in [3.8, 4) is 0 Å². The van der Waals surface area contributed by atoms with E-state index in [-0.39, 0.29) is 35.9 Å². The molecule has 0 aromatic carbocycles. The maximum Gasteiger partial charge on any atom is 0.246 e. The van der Waals surface area contributed by atoms with E-state index in [1.54, 1.807) is 11.8 Å². The molecule has 2 saturated heterocycles. The molecule has 3 unspecified atom stereocenters. The molecular formula is C16H28N2O2S. The van der Waals surface area contributed by atoms with Crippen LogP contribution in [0.4, 0.5) is 0 Å². The fourth-order valence-corrected chi connectivity index (χ4v) is 4.15. The Morgan fingerprint density at radius 3 is 2.52 bits per heavy atom. The maximum absolute atomic E-state index is 13.0. The van der Waals surface area contributed by atoms with Gasteiger partial charge in [0.25, 0.3) is 0 Å². The summed E-state index contributed by atoms with van der Waals surface area (Å²) in [4.78, 5) is 29.6. The van der Waals surface area contributed by atoms with E-state index in [9.17, 15) is 9.59 Å². The smallest absolute Gasteiger partial charge is 0.246 e. The van der Waals surface area contributed by atoms with Crippen molar-refractivity contribution in [2.45, 2.75) is 64.6 Å². The third kappa shape index (κ3) is 3.22. The van der Waals surface area contributed by atoms with Crippen molar-refractivity contribution < 1.29 is 9.59 Å². The van der Waals surface area contributed by atoms with Gasteiger partial charge in [0.1, 0.15) is 12.1 Å². The van der Waals surface area contributed by atoms with Gasteiger partial charge in [-0.15, -0.1) is 0 Å². The first-order valence-electron chi connectivity index (χ1n) is 8.10. The lowest BCUT2D eigenvalue weighted by Crippen LogP contribution is -2.68. The minimum Gasteiger partial charge on any atom is -0.329 e. The standard InChI is InChI=1S/C16H28N2O2S/c1-11(2)14-16(20)17-9-6-5-7-13(17)15(19)18(14)12(3)8-10-21-4/h11-14H,5-10H2,1-4H3. The Morgan fingerprint density at radius 1 is 1.19 bits per heavy atom. The van der Waals surface area contributed by atoms with E-state index in [0.717, 1.165) is 38.0 Å². The predicted octanol–water partition coefficient (Wildman–Crippen LogP) is 2.38. The van der Waals surface area contributed by atoms with Gasteiger partial charge in [-0.2, -0.15) is 11.8 Å². The number of hydrogen-bond donors (Lipinski definition) is 0. The van der Waals surface area contributed by atoms with Gasteiger partial charge in [0.15, 0.2) is 0 Å². The average Bonchev–Trinajstić information content (AvgIpc) is 2.47. The largest absolute Gasteiger partial charge is 0.329 e. The van der Waals surface area contributed by atoms with Crippen LogP contribution in [-0.4, -0.2) is 58.3 Å². The summed E-state index contributed by atoms with van der Waals surface area (Å²) in [5.74, 6) is 1.55. The number of carbonyl (C=O) groups is 2. The van der Waals surface area contributed by atoms with Gasteiger partial charge in [0, 0.05) is 12.6 Å². The number of nitrogens with zero attached hydrogens (tertiary/aromatic N) is 2. The Hall–Kier alpha value is -0.710. The van der Waals surface area contributed by atoms with Crippen LogP contribution < -0.4 is 0 Å². The fraction of sp³-hybridized carbons (Fsp3) is 0.875. The van der Waals surface area contributed by atoms with E-state index < -0.39 is 0 Å². The minimum absolute atomic E-state index is 0.144. The van der Waals surface area contributed by atoms with Gasteiger partial charge in [-0.25, -0.2) is 0 Å². The number of thioether (sulfide) groups is 1. The van der Waals surface area contributed by atoms with Crippen molar-refractivity contribution in [3.05, 3.63) is 0 Å². The van der Waals surface area contributed by atoms with E-state index in [4.69, 9.17) is 0 Å². The second-order valence-electron chi connectivity index (χ2n) is 6.61. The molecule has 2 rings (SSSR count). The summed E-state index contributed by atoms with van der Waals surface area (Å²) in [6.45, 7) is 6.95. The third-order valence-corrected chi connectivity index (χ3v) is 5.37. The molecule has 0 radical (unpaired) electrons. The zero-order valence-electron chi connectivity index (χ0n) is 13.7. The molecule has 0 aromatic heterocycles. The van der Waals surface area contributed by atoms with Crippen LogP contribution in [0.5, 0.6) is 0 Å². The number of hydrogen-bond acceptors (Lipinski definition) is 3. The second-order valence-corrected chi connectivity index (χ2v) is 7.59. The molecule has 2 aliphatic rings. The molecule has 3 atom stereocenters. The molecule has 2 fully saturated rings. The summed E-state index contributed by atoms with van der Waals surface area (Å²) in [5.41, 5.74) is 0. The molecule has 0 bridgehead atoms. The van der Waals surface area contributed by atoms with Gasteiger partial charge in [-0.05, 0) is 50.5 Å². The number of piperazine rings is 1. The van der Waals surface area contributed by atoms with Crippen molar-refractivity contribution >= 4 is 23.6 Å². The van der Waals surface area contributed by atoms with Gasteiger partial charge < -0.3 is 9.80 Å². The highest BCUT2D eigenvalue weighted by molar-refractivity contribution is 7.98. The molecule has 2 heterocycles. The van der Waals surface area contributed by atoms with E-state index in [1.807, 2.05) is 9.80 Å². The molecule has 2 amide bonds. The molecule has 2 aliphatic heterocycles. The van der Waals surface area contributed by atoms with Crippen LogP contribution in [0, 0.1) is 5.92 Å². The van der Waals surface area contributed by atoms with Crippen molar-refractivity contribution in [1.29, 1.82) is 0 Å². The Balaban J connectivity index is 2.26.